The van der Waals surface area contributed by atoms with Gasteiger partial charge in [-0.3, -0.25) is 0 Å². The number of oxazole rings is 1. The molecule has 0 aliphatic rings. The van der Waals surface area contributed by atoms with Crippen LogP contribution in [0.5, 0.6) is 0 Å². The molecule has 1 aromatic heterocycles. The van der Waals surface area contributed by atoms with Gasteiger partial charge in [0.2, 0.25) is 5.89 Å². The second-order valence-corrected chi connectivity index (χ2v) is 3.91. The fraction of sp³-hybridized carbons (Fsp3) is 0.286. The maximum atomic E-state index is 11.1. The van der Waals surface area contributed by atoms with Crippen LogP contribution >= 0.6 is 0 Å². The van der Waals surface area contributed by atoms with Crippen molar-refractivity contribution in [3.63, 3.8) is 0 Å². The molecule has 100 valence electrons. The smallest absolute Gasteiger partial charge is 0.358 e. The molecular formula is C14H15NO4. The van der Waals surface area contributed by atoms with Crippen molar-refractivity contribution in [1.29, 1.82) is 0 Å². The molecule has 0 saturated heterocycles. The summed E-state index contributed by atoms with van der Waals surface area (Å²) >= 11 is 0. The molecular weight excluding hydrogens is 246 g/mol. The quantitative estimate of drug-likeness (QED) is 0.809. The molecule has 1 N–H and O–H groups in total. The van der Waals surface area contributed by atoms with E-state index in [0.29, 0.717) is 31.3 Å². The Bertz CT molecular complexity index is 548. The van der Waals surface area contributed by atoms with Crippen molar-refractivity contribution in [3.8, 4) is 11.5 Å². The van der Waals surface area contributed by atoms with Crippen molar-refractivity contribution in [2.75, 3.05) is 13.2 Å². The molecule has 5 heteroatoms. The predicted molar refractivity (Wildman–Crippen MR) is 69.1 cm³/mol. The molecule has 0 unspecified atom stereocenters. The van der Waals surface area contributed by atoms with E-state index in [9.17, 15) is 4.79 Å². The number of carboxylic acid groups (broad SMARTS) is 1. The summed E-state index contributed by atoms with van der Waals surface area (Å²) in [5, 5.41) is 9.12. The zero-order valence-corrected chi connectivity index (χ0v) is 10.6. The number of hydrogen-bond donors (Lipinski definition) is 1. The largest absolute Gasteiger partial charge is 0.476 e. The molecule has 0 aliphatic heterocycles. The molecule has 5 nitrogen and oxygen atoms in total. The summed E-state index contributed by atoms with van der Waals surface area (Å²) in [5.74, 6) is -0.415. The third kappa shape index (κ3) is 3.20. The number of ether oxygens (including phenoxy) is 1. The summed E-state index contributed by atoms with van der Waals surface area (Å²) in [4.78, 5) is 15.2. The van der Waals surface area contributed by atoms with E-state index in [1.807, 2.05) is 37.3 Å². The van der Waals surface area contributed by atoms with Crippen molar-refractivity contribution in [1.82, 2.24) is 4.98 Å². The minimum atomic E-state index is -1.09. The van der Waals surface area contributed by atoms with Gasteiger partial charge in [0.1, 0.15) is 5.76 Å². The summed E-state index contributed by atoms with van der Waals surface area (Å²) in [6.07, 6.45) is 0.398. The summed E-state index contributed by atoms with van der Waals surface area (Å²) < 4.78 is 10.7. The second kappa shape index (κ2) is 6.15. The maximum absolute atomic E-state index is 11.1. The van der Waals surface area contributed by atoms with Gasteiger partial charge in [-0.1, -0.05) is 18.2 Å². The Kier molecular flexibility index (Phi) is 4.30. The molecule has 0 bridgehead atoms. The number of nitrogens with zero attached hydrogens (tertiary/aromatic N) is 1. The molecule has 0 spiro atoms. The van der Waals surface area contributed by atoms with E-state index in [1.165, 1.54) is 0 Å². The van der Waals surface area contributed by atoms with Crippen LogP contribution in [0.2, 0.25) is 0 Å². The Labute approximate surface area is 110 Å². The normalized spacial score (nSPS) is 10.6. The second-order valence-electron chi connectivity index (χ2n) is 3.91. The number of rotatable bonds is 6. The predicted octanol–water partition coefficient (Wildman–Crippen LogP) is 2.62. The number of carbonyl (C=O) groups is 1. The standard InChI is InChI=1S/C14H15NO4/c1-2-18-9-8-11-12(14(16)17)15-13(19-11)10-6-4-3-5-7-10/h3-7H,2,8-9H2,1H3,(H,16,17). The van der Waals surface area contributed by atoms with Crippen LogP contribution in [0.15, 0.2) is 34.7 Å². The van der Waals surface area contributed by atoms with Gasteiger partial charge in [0.25, 0.3) is 0 Å². The average molecular weight is 261 g/mol. The first-order valence-electron chi connectivity index (χ1n) is 6.08. The Balaban J connectivity index is 2.27. The number of carboxylic acids is 1. The molecule has 0 fully saturated rings. The minimum Gasteiger partial charge on any atom is -0.476 e. The van der Waals surface area contributed by atoms with Crippen LogP contribution in [0.1, 0.15) is 23.2 Å². The van der Waals surface area contributed by atoms with Crippen molar-refractivity contribution in [2.45, 2.75) is 13.3 Å². The van der Waals surface area contributed by atoms with Crippen molar-refractivity contribution >= 4 is 5.97 Å². The molecule has 2 aromatic rings. The van der Waals surface area contributed by atoms with E-state index < -0.39 is 5.97 Å². The van der Waals surface area contributed by atoms with Crippen LogP contribution in [-0.4, -0.2) is 29.3 Å². The number of aromatic nitrogens is 1. The molecule has 1 aromatic carbocycles. The van der Waals surface area contributed by atoms with Crippen LogP contribution in [-0.2, 0) is 11.2 Å². The SMILES string of the molecule is CCOCCc1oc(-c2ccccc2)nc1C(=O)O. The molecule has 19 heavy (non-hydrogen) atoms. The number of benzene rings is 1. The molecule has 0 radical (unpaired) electrons. The highest BCUT2D eigenvalue weighted by atomic mass is 16.5. The third-order valence-corrected chi connectivity index (χ3v) is 2.60. The van der Waals surface area contributed by atoms with Crippen LogP contribution in [0, 0.1) is 0 Å². The zero-order chi connectivity index (χ0) is 13.7. The van der Waals surface area contributed by atoms with Gasteiger partial charge >= 0.3 is 5.97 Å². The van der Waals surface area contributed by atoms with Crippen LogP contribution in [0.3, 0.4) is 0 Å². The fourth-order valence-corrected chi connectivity index (χ4v) is 1.70. The van der Waals surface area contributed by atoms with Crippen LogP contribution in [0.4, 0.5) is 0 Å². The highest BCUT2D eigenvalue weighted by Crippen LogP contribution is 2.22. The van der Waals surface area contributed by atoms with Gasteiger partial charge in [-0.15, -0.1) is 0 Å². The first-order valence-corrected chi connectivity index (χ1v) is 6.08. The van der Waals surface area contributed by atoms with Gasteiger partial charge in [0.05, 0.1) is 6.61 Å². The molecule has 0 aliphatic carbocycles. The fourth-order valence-electron chi connectivity index (χ4n) is 1.70. The molecule has 2 rings (SSSR count). The Morgan fingerprint density at radius 3 is 2.74 bits per heavy atom. The van der Waals surface area contributed by atoms with E-state index in [0.717, 1.165) is 5.56 Å². The average Bonchev–Trinajstić information content (AvgIpc) is 2.84. The lowest BCUT2D eigenvalue weighted by atomic mass is 10.2. The van der Waals surface area contributed by atoms with Gasteiger partial charge in [-0.25, -0.2) is 9.78 Å². The van der Waals surface area contributed by atoms with Crippen molar-refractivity contribution in [2.24, 2.45) is 0 Å². The maximum Gasteiger partial charge on any atom is 0.358 e. The Morgan fingerprint density at radius 2 is 2.11 bits per heavy atom. The van der Waals surface area contributed by atoms with E-state index in [4.69, 9.17) is 14.3 Å². The molecule has 0 atom stereocenters. The zero-order valence-electron chi connectivity index (χ0n) is 10.6. The first kappa shape index (κ1) is 13.3. The molecule has 1 heterocycles. The highest BCUT2D eigenvalue weighted by molar-refractivity contribution is 5.87. The molecule has 0 amide bonds. The van der Waals surface area contributed by atoms with Crippen LogP contribution < -0.4 is 0 Å². The van der Waals surface area contributed by atoms with Gasteiger partial charge in [-0.2, -0.15) is 0 Å². The van der Waals surface area contributed by atoms with E-state index in [-0.39, 0.29) is 5.69 Å². The topological polar surface area (TPSA) is 72.6 Å². The van der Waals surface area contributed by atoms with E-state index in [1.54, 1.807) is 0 Å². The van der Waals surface area contributed by atoms with Crippen LogP contribution in [0.25, 0.3) is 11.5 Å². The summed E-state index contributed by atoms with van der Waals surface area (Å²) in [5.41, 5.74) is 0.714. The van der Waals surface area contributed by atoms with E-state index in [2.05, 4.69) is 4.98 Å². The lowest BCUT2D eigenvalue weighted by molar-refractivity contribution is 0.0687. The summed E-state index contributed by atoms with van der Waals surface area (Å²) in [7, 11) is 0. The van der Waals surface area contributed by atoms with Gasteiger partial charge in [0.15, 0.2) is 5.69 Å². The Hall–Kier alpha value is -2.14. The van der Waals surface area contributed by atoms with E-state index >= 15 is 0 Å². The van der Waals surface area contributed by atoms with Gasteiger partial charge in [-0.05, 0) is 19.1 Å². The summed E-state index contributed by atoms with van der Waals surface area (Å²) in [6, 6.07) is 9.22. The summed E-state index contributed by atoms with van der Waals surface area (Å²) in [6.45, 7) is 2.89. The Morgan fingerprint density at radius 1 is 1.37 bits per heavy atom. The molecule has 0 saturated carbocycles. The van der Waals surface area contributed by atoms with Crippen molar-refractivity contribution in [3.05, 3.63) is 41.8 Å². The number of hydrogen-bond acceptors (Lipinski definition) is 4. The lowest BCUT2D eigenvalue weighted by Gasteiger charge is -1.98. The lowest BCUT2D eigenvalue weighted by Crippen LogP contribution is -2.04. The highest BCUT2D eigenvalue weighted by Gasteiger charge is 2.19. The third-order valence-electron chi connectivity index (χ3n) is 2.60. The monoisotopic (exact) mass is 261 g/mol. The number of aromatic carboxylic acids is 1. The van der Waals surface area contributed by atoms with Gasteiger partial charge in [0, 0.05) is 18.6 Å². The van der Waals surface area contributed by atoms with Crippen molar-refractivity contribution < 1.29 is 19.1 Å². The van der Waals surface area contributed by atoms with Gasteiger partial charge < -0.3 is 14.3 Å². The first-order chi connectivity index (χ1) is 9.22. The minimum absolute atomic E-state index is 0.0430.